The topological polar surface area (TPSA) is 83.6 Å². The Morgan fingerprint density at radius 1 is 1.53 bits per heavy atom. The van der Waals surface area contributed by atoms with Crippen molar-refractivity contribution in [1.29, 1.82) is 0 Å². The van der Waals surface area contributed by atoms with E-state index in [1.165, 1.54) is 16.7 Å². The molecule has 0 saturated carbocycles. The summed E-state index contributed by atoms with van der Waals surface area (Å²) in [5.41, 5.74) is 5.79. The standard InChI is InChI=1S/C11H20N2O3S/c1-3-5-7(12)10(14)13-8(11(15)16)6-17-9(13)4-2/h7-9H,3-6,12H2,1-2H3,(H,15,16)/t7-,8?,9?/m0/s1. The Morgan fingerprint density at radius 2 is 2.18 bits per heavy atom. The van der Waals surface area contributed by atoms with Gasteiger partial charge in [-0.25, -0.2) is 4.79 Å². The summed E-state index contributed by atoms with van der Waals surface area (Å²) in [6.07, 6.45) is 2.17. The van der Waals surface area contributed by atoms with Crippen LogP contribution < -0.4 is 5.73 Å². The van der Waals surface area contributed by atoms with Gasteiger partial charge in [0, 0.05) is 5.75 Å². The largest absolute Gasteiger partial charge is 0.480 e. The molecule has 17 heavy (non-hydrogen) atoms. The van der Waals surface area contributed by atoms with Crippen molar-refractivity contribution in [3.05, 3.63) is 0 Å². The number of thioether (sulfide) groups is 1. The third-order valence-electron chi connectivity index (χ3n) is 2.90. The van der Waals surface area contributed by atoms with Gasteiger partial charge in [0.15, 0.2) is 0 Å². The van der Waals surface area contributed by atoms with E-state index in [1.807, 2.05) is 13.8 Å². The van der Waals surface area contributed by atoms with E-state index in [0.29, 0.717) is 12.2 Å². The predicted octanol–water partition coefficient (Wildman–Crippen LogP) is 0.879. The lowest BCUT2D eigenvalue weighted by atomic mass is 10.1. The maximum absolute atomic E-state index is 12.1. The highest BCUT2D eigenvalue weighted by Crippen LogP contribution is 2.31. The first-order valence-corrected chi connectivity index (χ1v) is 6.99. The van der Waals surface area contributed by atoms with E-state index in [1.54, 1.807) is 0 Å². The van der Waals surface area contributed by atoms with Gasteiger partial charge in [-0.15, -0.1) is 11.8 Å². The van der Waals surface area contributed by atoms with Crippen LogP contribution in [-0.2, 0) is 9.59 Å². The van der Waals surface area contributed by atoms with Crippen molar-refractivity contribution >= 4 is 23.6 Å². The van der Waals surface area contributed by atoms with Crippen LogP contribution in [0.2, 0.25) is 0 Å². The van der Waals surface area contributed by atoms with Crippen molar-refractivity contribution in [3.63, 3.8) is 0 Å². The third-order valence-corrected chi connectivity index (χ3v) is 4.35. The molecule has 2 unspecified atom stereocenters. The molecule has 0 aromatic rings. The summed E-state index contributed by atoms with van der Waals surface area (Å²) in [6.45, 7) is 3.91. The molecule has 0 aromatic heterocycles. The zero-order valence-corrected chi connectivity index (χ0v) is 11.1. The SMILES string of the molecule is CCC[C@H](N)C(=O)N1C(CC)SCC1C(=O)O. The average Bonchev–Trinajstić information content (AvgIpc) is 2.71. The van der Waals surface area contributed by atoms with Crippen LogP contribution in [0.15, 0.2) is 0 Å². The molecule has 98 valence electrons. The Kier molecular flexibility index (Phi) is 5.27. The van der Waals surface area contributed by atoms with E-state index in [-0.39, 0.29) is 11.3 Å². The van der Waals surface area contributed by atoms with Crippen molar-refractivity contribution in [2.24, 2.45) is 5.73 Å². The molecule has 1 saturated heterocycles. The third kappa shape index (κ3) is 3.13. The molecule has 0 radical (unpaired) electrons. The first-order chi connectivity index (χ1) is 8.02. The number of nitrogens with zero attached hydrogens (tertiary/aromatic N) is 1. The number of carbonyl (C=O) groups excluding carboxylic acids is 1. The second kappa shape index (κ2) is 6.26. The zero-order valence-electron chi connectivity index (χ0n) is 10.3. The minimum Gasteiger partial charge on any atom is -0.480 e. The molecule has 0 aliphatic carbocycles. The van der Waals surface area contributed by atoms with E-state index in [0.717, 1.165) is 12.8 Å². The molecule has 0 bridgehead atoms. The fourth-order valence-electron chi connectivity index (χ4n) is 1.99. The van der Waals surface area contributed by atoms with Crippen molar-refractivity contribution < 1.29 is 14.7 Å². The van der Waals surface area contributed by atoms with Gasteiger partial charge in [-0.1, -0.05) is 20.3 Å². The van der Waals surface area contributed by atoms with E-state index >= 15 is 0 Å². The fourth-order valence-corrected chi connectivity index (χ4v) is 3.34. The highest BCUT2D eigenvalue weighted by Gasteiger charge is 2.41. The molecule has 1 aliphatic rings. The number of carboxylic acid groups (broad SMARTS) is 1. The van der Waals surface area contributed by atoms with Crippen molar-refractivity contribution in [2.75, 3.05) is 5.75 Å². The zero-order chi connectivity index (χ0) is 13.0. The summed E-state index contributed by atoms with van der Waals surface area (Å²) in [4.78, 5) is 24.7. The molecule has 1 amide bonds. The van der Waals surface area contributed by atoms with Crippen LogP contribution in [0.1, 0.15) is 33.1 Å². The highest BCUT2D eigenvalue weighted by molar-refractivity contribution is 8.00. The minimum atomic E-state index is -0.939. The van der Waals surface area contributed by atoms with Crippen LogP contribution in [0.5, 0.6) is 0 Å². The van der Waals surface area contributed by atoms with Crippen LogP contribution in [0.3, 0.4) is 0 Å². The quantitative estimate of drug-likeness (QED) is 0.766. The highest BCUT2D eigenvalue weighted by atomic mass is 32.2. The molecule has 1 aliphatic heterocycles. The van der Waals surface area contributed by atoms with Gasteiger partial charge < -0.3 is 15.7 Å². The smallest absolute Gasteiger partial charge is 0.327 e. The second-order valence-corrected chi connectivity index (χ2v) is 5.40. The predicted molar refractivity (Wildman–Crippen MR) is 67.7 cm³/mol. The molecule has 5 nitrogen and oxygen atoms in total. The van der Waals surface area contributed by atoms with Gasteiger partial charge in [-0.2, -0.15) is 0 Å². The summed E-state index contributed by atoms with van der Waals surface area (Å²) >= 11 is 1.52. The number of aliphatic carboxylic acids is 1. The fraction of sp³-hybridized carbons (Fsp3) is 0.818. The second-order valence-electron chi connectivity index (χ2n) is 4.19. The van der Waals surface area contributed by atoms with E-state index in [4.69, 9.17) is 10.8 Å². The summed E-state index contributed by atoms with van der Waals surface area (Å²) < 4.78 is 0. The Labute approximate surface area is 106 Å². The molecule has 0 aromatic carbocycles. The van der Waals surface area contributed by atoms with Crippen LogP contribution in [-0.4, -0.2) is 45.1 Å². The van der Waals surface area contributed by atoms with E-state index < -0.39 is 18.1 Å². The van der Waals surface area contributed by atoms with Crippen LogP contribution >= 0.6 is 11.8 Å². The number of nitrogens with two attached hydrogens (primary N) is 1. The summed E-state index contributed by atoms with van der Waals surface area (Å²) in [5, 5.41) is 9.06. The molecule has 0 spiro atoms. The lowest BCUT2D eigenvalue weighted by molar-refractivity contribution is -0.149. The van der Waals surface area contributed by atoms with Gasteiger partial charge >= 0.3 is 5.97 Å². The first kappa shape index (κ1) is 14.3. The van der Waals surface area contributed by atoms with E-state index in [9.17, 15) is 9.59 Å². The molecule has 1 heterocycles. The number of hydrogen-bond acceptors (Lipinski definition) is 4. The number of rotatable bonds is 5. The molecule has 1 rings (SSSR count). The molecule has 3 N–H and O–H groups in total. The van der Waals surface area contributed by atoms with Gasteiger partial charge in [0.1, 0.15) is 6.04 Å². The van der Waals surface area contributed by atoms with Gasteiger partial charge in [-0.3, -0.25) is 4.79 Å². The first-order valence-electron chi connectivity index (χ1n) is 5.95. The Morgan fingerprint density at radius 3 is 2.65 bits per heavy atom. The summed E-state index contributed by atoms with van der Waals surface area (Å²) in [6, 6.07) is -1.30. The van der Waals surface area contributed by atoms with Crippen LogP contribution in [0.25, 0.3) is 0 Å². The van der Waals surface area contributed by atoms with E-state index in [2.05, 4.69) is 0 Å². The summed E-state index contributed by atoms with van der Waals surface area (Å²) in [5.74, 6) is -0.708. The molecule has 1 fully saturated rings. The normalized spacial score (nSPS) is 25.9. The van der Waals surface area contributed by atoms with Gasteiger partial charge in [0.05, 0.1) is 11.4 Å². The number of amides is 1. The number of carboxylic acids is 1. The molecule has 6 heteroatoms. The number of carbonyl (C=O) groups is 2. The summed E-state index contributed by atoms with van der Waals surface area (Å²) in [7, 11) is 0. The number of hydrogen-bond donors (Lipinski definition) is 2. The maximum atomic E-state index is 12.1. The molecule has 3 atom stereocenters. The maximum Gasteiger partial charge on any atom is 0.327 e. The monoisotopic (exact) mass is 260 g/mol. The van der Waals surface area contributed by atoms with Gasteiger partial charge in [-0.05, 0) is 12.8 Å². The van der Waals surface area contributed by atoms with Crippen LogP contribution in [0.4, 0.5) is 0 Å². The van der Waals surface area contributed by atoms with Crippen molar-refractivity contribution in [1.82, 2.24) is 4.90 Å². The Balaban J connectivity index is 2.81. The molecular weight excluding hydrogens is 240 g/mol. The van der Waals surface area contributed by atoms with Crippen molar-refractivity contribution in [2.45, 2.75) is 50.6 Å². The van der Waals surface area contributed by atoms with Gasteiger partial charge in [0.25, 0.3) is 0 Å². The minimum absolute atomic E-state index is 0.0495. The lowest BCUT2D eigenvalue weighted by Gasteiger charge is -2.29. The lowest BCUT2D eigenvalue weighted by Crippen LogP contribution is -2.51. The Hall–Kier alpha value is -0.750. The van der Waals surface area contributed by atoms with Gasteiger partial charge in [0.2, 0.25) is 5.91 Å². The van der Waals surface area contributed by atoms with Crippen LogP contribution in [0, 0.1) is 0 Å². The van der Waals surface area contributed by atoms with Crippen molar-refractivity contribution in [3.8, 4) is 0 Å². The molecular formula is C11H20N2O3S. The Bertz CT molecular complexity index is 298. The average molecular weight is 260 g/mol.